The van der Waals surface area contributed by atoms with Crippen LogP contribution in [0.25, 0.3) is 64.6 Å². The highest BCUT2D eigenvalue weighted by Gasteiger charge is 2.23. The van der Waals surface area contributed by atoms with E-state index in [0.717, 1.165) is 45.8 Å². The lowest BCUT2D eigenvalue weighted by Gasteiger charge is -2.31. The zero-order chi connectivity index (χ0) is 34.4. The van der Waals surface area contributed by atoms with Crippen LogP contribution in [0, 0.1) is 0 Å². The summed E-state index contributed by atoms with van der Waals surface area (Å²) < 4.78 is 0. The van der Waals surface area contributed by atoms with Gasteiger partial charge in [-0.3, -0.25) is 4.90 Å². The number of hydrogen-bond acceptors (Lipinski definition) is 3. The van der Waals surface area contributed by atoms with Gasteiger partial charge in [-0.1, -0.05) is 146 Å². The van der Waals surface area contributed by atoms with Crippen molar-refractivity contribution in [1.82, 2.24) is 4.90 Å². The predicted molar refractivity (Wildman–Crippen MR) is 224 cm³/mol. The molecule has 1 heterocycles. The van der Waals surface area contributed by atoms with Crippen LogP contribution in [-0.4, -0.2) is 44.2 Å². The molecule has 0 spiro atoms. The smallest absolute Gasteiger partial charge is 0.0526 e. The average molecular weight is 672 g/mol. The minimum absolute atomic E-state index is 0.899. The molecular formula is C49H41N3. The Labute approximate surface area is 304 Å². The van der Waals surface area contributed by atoms with Gasteiger partial charge in [0.2, 0.25) is 0 Å². The number of hydrogen-bond donors (Lipinski definition) is 0. The van der Waals surface area contributed by atoms with Gasteiger partial charge in [-0.15, -0.1) is 0 Å². The first-order valence-electron chi connectivity index (χ1n) is 18.7. The van der Waals surface area contributed by atoms with Gasteiger partial charge < -0.3 is 9.80 Å². The fourth-order valence-electron chi connectivity index (χ4n) is 8.87. The minimum Gasteiger partial charge on any atom is -0.367 e. The highest BCUT2D eigenvalue weighted by molar-refractivity contribution is 6.13. The maximum Gasteiger partial charge on any atom is 0.0526 e. The predicted octanol–water partition coefficient (Wildman–Crippen LogP) is 11.4. The van der Waals surface area contributed by atoms with Crippen LogP contribution >= 0.6 is 0 Å². The first-order valence-corrected chi connectivity index (χ1v) is 18.7. The minimum atomic E-state index is 0.899. The molecule has 0 radical (unpaired) electrons. The van der Waals surface area contributed by atoms with Crippen LogP contribution < -0.4 is 9.80 Å². The van der Waals surface area contributed by atoms with E-state index in [1.165, 1.54) is 81.6 Å². The second-order valence-electron chi connectivity index (χ2n) is 14.4. The third-order valence-corrected chi connectivity index (χ3v) is 11.4. The molecule has 252 valence electrons. The van der Waals surface area contributed by atoms with Crippen molar-refractivity contribution in [2.75, 3.05) is 49.1 Å². The Balaban J connectivity index is 1.14. The molecular weight excluding hydrogens is 631 g/mol. The van der Waals surface area contributed by atoms with E-state index in [9.17, 15) is 0 Å². The second kappa shape index (κ2) is 13.0. The zero-order valence-corrected chi connectivity index (χ0v) is 29.4. The standard InChI is InChI=1S/C49H41N3/c1-7-19-41-35(13-1)31-36-14-2-8-20-42(36)47(41)34-50-25-27-51(48-43-21-9-3-15-37(43)32-38-16-4-10-22-44(38)48)29-30-52(28-26-50)49-45-23-11-5-17-39(45)33-40-18-6-12-24-46(40)49/h1-24,31-33H,25-30,34H2. The van der Waals surface area contributed by atoms with Crippen LogP contribution in [0.15, 0.2) is 164 Å². The molecule has 3 heteroatoms. The van der Waals surface area contributed by atoms with E-state index in [-0.39, 0.29) is 0 Å². The maximum absolute atomic E-state index is 2.72. The van der Waals surface area contributed by atoms with Gasteiger partial charge in [0, 0.05) is 67.4 Å². The summed E-state index contributed by atoms with van der Waals surface area (Å²) in [5.74, 6) is 0. The lowest BCUT2D eigenvalue weighted by Crippen LogP contribution is -2.36. The van der Waals surface area contributed by atoms with Gasteiger partial charge in [0.15, 0.2) is 0 Å². The molecule has 10 rings (SSSR count). The molecule has 0 atom stereocenters. The van der Waals surface area contributed by atoms with E-state index in [4.69, 9.17) is 0 Å². The number of anilines is 2. The topological polar surface area (TPSA) is 9.72 Å². The summed E-state index contributed by atoms with van der Waals surface area (Å²) in [6.45, 7) is 6.60. The second-order valence-corrected chi connectivity index (χ2v) is 14.4. The third-order valence-electron chi connectivity index (χ3n) is 11.4. The molecule has 52 heavy (non-hydrogen) atoms. The summed E-state index contributed by atoms with van der Waals surface area (Å²) in [7, 11) is 0. The fraction of sp³-hybridized carbons (Fsp3) is 0.143. The first-order chi connectivity index (χ1) is 25.8. The van der Waals surface area contributed by atoms with E-state index in [1.54, 1.807) is 0 Å². The summed E-state index contributed by atoms with van der Waals surface area (Å²) in [4.78, 5) is 8.12. The van der Waals surface area contributed by atoms with Gasteiger partial charge in [0.25, 0.3) is 0 Å². The van der Waals surface area contributed by atoms with Gasteiger partial charge in [0.1, 0.15) is 0 Å². The molecule has 9 aromatic carbocycles. The van der Waals surface area contributed by atoms with Crippen LogP contribution in [-0.2, 0) is 6.54 Å². The number of benzene rings is 9. The molecule has 0 unspecified atom stereocenters. The normalized spacial score (nSPS) is 14.8. The monoisotopic (exact) mass is 671 g/mol. The van der Waals surface area contributed by atoms with E-state index in [0.29, 0.717) is 0 Å². The van der Waals surface area contributed by atoms with Crippen molar-refractivity contribution in [3.05, 3.63) is 169 Å². The van der Waals surface area contributed by atoms with E-state index >= 15 is 0 Å². The molecule has 9 aromatic rings. The van der Waals surface area contributed by atoms with Gasteiger partial charge in [0.05, 0.1) is 11.4 Å². The van der Waals surface area contributed by atoms with Crippen LogP contribution in [0.5, 0.6) is 0 Å². The van der Waals surface area contributed by atoms with Gasteiger partial charge >= 0.3 is 0 Å². The van der Waals surface area contributed by atoms with Crippen LogP contribution in [0.3, 0.4) is 0 Å². The van der Waals surface area contributed by atoms with Crippen molar-refractivity contribution in [1.29, 1.82) is 0 Å². The van der Waals surface area contributed by atoms with Crippen LogP contribution in [0.4, 0.5) is 11.4 Å². The largest absolute Gasteiger partial charge is 0.367 e. The van der Waals surface area contributed by atoms with Crippen LogP contribution in [0.2, 0.25) is 0 Å². The Morgan fingerprint density at radius 1 is 0.308 bits per heavy atom. The van der Waals surface area contributed by atoms with Crippen molar-refractivity contribution in [3.8, 4) is 0 Å². The molecule has 0 bridgehead atoms. The molecule has 0 aromatic heterocycles. The molecule has 0 saturated carbocycles. The maximum atomic E-state index is 2.72. The van der Waals surface area contributed by atoms with Crippen molar-refractivity contribution >= 4 is 76.0 Å². The Bertz CT molecular complexity index is 2470. The molecule has 0 aliphatic carbocycles. The molecule has 0 N–H and O–H groups in total. The summed E-state index contributed by atoms with van der Waals surface area (Å²) in [5.41, 5.74) is 4.14. The summed E-state index contributed by atoms with van der Waals surface area (Å²) >= 11 is 0. The van der Waals surface area contributed by atoms with E-state index in [1.807, 2.05) is 0 Å². The highest BCUT2D eigenvalue weighted by atomic mass is 15.3. The van der Waals surface area contributed by atoms with E-state index in [2.05, 4.69) is 178 Å². The summed E-state index contributed by atoms with van der Waals surface area (Å²) in [6.07, 6.45) is 0. The van der Waals surface area contributed by atoms with Crippen molar-refractivity contribution in [3.63, 3.8) is 0 Å². The van der Waals surface area contributed by atoms with Crippen molar-refractivity contribution in [2.45, 2.75) is 6.54 Å². The highest BCUT2D eigenvalue weighted by Crippen LogP contribution is 2.39. The number of rotatable bonds is 4. The summed E-state index contributed by atoms with van der Waals surface area (Å²) in [5, 5.41) is 15.8. The van der Waals surface area contributed by atoms with Gasteiger partial charge in [-0.05, 0) is 66.9 Å². The Hall–Kier alpha value is -5.90. The fourth-order valence-corrected chi connectivity index (χ4v) is 8.87. The number of fused-ring (bicyclic) bond motifs is 6. The lowest BCUT2D eigenvalue weighted by molar-refractivity contribution is 0.282. The molecule has 1 aliphatic heterocycles. The zero-order valence-electron chi connectivity index (χ0n) is 29.4. The Kier molecular flexibility index (Phi) is 7.73. The molecule has 1 fully saturated rings. The van der Waals surface area contributed by atoms with E-state index < -0.39 is 0 Å². The van der Waals surface area contributed by atoms with Gasteiger partial charge in [-0.25, -0.2) is 0 Å². The SMILES string of the molecule is c1ccc2c(CN3CCN(c4c5ccccc5cc5ccccc45)CCN(c4c5ccccc5cc5ccccc45)CC3)c3ccccc3cc2c1. The lowest BCUT2D eigenvalue weighted by atomic mass is 9.96. The summed E-state index contributed by atoms with van der Waals surface area (Å²) in [6, 6.07) is 60.8. The molecule has 1 aliphatic rings. The third kappa shape index (κ3) is 5.41. The Morgan fingerprint density at radius 2 is 0.577 bits per heavy atom. The van der Waals surface area contributed by atoms with Crippen molar-refractivity contribution in [2.24, 2.45) is 0 Å². The molecule has 3 nitrogen and oxygen atoms in total. The molecule has 0 amide bonds. The Morgan fingerprint density at radius 3 is 0.923 bits per heavy atom. The molecule has 1 saturated heterocycles. The van der Waals surface area contributed by atoms with Crippen LogP contribution in [0.1, 0.15) is 5.56 Å². The van der Waals surface area contributed by atoms with Gasteiger partial charge in [-0.2, -0.15) is 0 Å². The number of nitrogens with zero attached hydrogens (tertiary/aromatic N) is 3. The average Bonchev–Trinajstić information content (AvgIpc) is 3.29. The quantitative estimate of drug-likeness (QED) is 0.172. The first kappa shape index (κ1) is 30.9. The van der Waals surface area contributed by atoms with Crippen molar-refractivity contribution < 1.29 is 0 Å².